The van der Waals surface area contributed by atoms with E-state index in [4.69, 9.17) is 5.14 Å². The number of benzene rings is 2. The largest absolute Gasteiger partial charge is 0.416 e. The molecular formula is C15H12F4N2O4S2. The SMILES string of the molecule is NS(=O)(=O)c1c(F)cccc1NS(=O)(=O)/C=C/c1ccc(C(F)(F)F)cc1. The molecule has 0 aromatic heterocycles. The summed E-state index contributed by atoms with van der Waals surface area (Å²) in [4.78, 5) is -1.03. The van der Waals surface area contributed by atoms with Crippen molar-refractivity contribution in [1.82, 2.24) is 0 Å². The van der Waals surface area contributed by atoms with Crippen LogP contribution < -0.4 is 9.86 Å². The Balaban J connectivity index is 2.29. The Labute approximate surface area is 152 Å². The molecule has 0 saturated heterocycles. The van der Waals surface area contributed by atoms with Crippen molar-refractivity contribution in [2.75, 3.05) is 4.72 Å². The van der Waals surface area contributed by atoms with E-state index >= 15 is 0 Å². The Kier molecular flexibility index (Phi) is 5.63. The van der Waals surface area contributed by atoms with E-state index in [0.717, 1.165) is 48.5 Å². The van der Waals surface area contributed by atoms with Gasteiger partial charge in [0.05, 0.1) is 16.7 Å². The van der Waals surface area contributed by atoms with Crippen LogP contribution in [0, 0.1) is 5.82 Å². The maximum atomic E-state index is 13.7. The first-order valence-electron chi connectivity index (χ1n) is 6.99. The third-order valence-corrected chi connectivity index (χ3v) is 5.16. The molecule has 0 aliphatic heterocycles. The van der Waals surface area contributed by atoms with Crippen molar-refractivity contribution >= 4 is 31.8 Å². The normalized spacial score (nSPS) is 13.1. The third kappa shape index (κ3) is 5.52. The molecule has 2 aromatic rings. The second-order valence-electron chi connectivity index (χ2n) is 5.23. The lowest BCUT2D eigenvalue weighted by Gasteiger charge is -2.10. The van der Waals surface area contributed by atoms with Gasteiger partial charge >= 0.3 is 6.18 Å². The Morgan fingerprint density at radius 2 is 1.56 bits per heavy atom. The summed E-state index contributed by atoms with van der Waals surface area (Å²) in [6, 6.07) is 6.49. The lowest BCUT2D eigenvalue weighted by molar-refractivity contribution is -0.137. The van der Waals surface area contributed by atoms with E-state index in [-0.39, 0.29) is 5.56 Å². The summed E-state index contributed by atoms with van der Waals surface area (Å²) in [5.74, 6) is -1.25. The first-order chi connectivity index (χ1) is 12.3. The van der Waals surface area contributed by atoms with E-state index in [2.05, 4.69) is 0 Å². The maximum Gasteiger partial charge on any atom is 0.416 e. The minimum atomic E-state index is -4.55. The molecular weight excluding hydrogens is 412 g/mol. The first kappa shape index (κ1) is 20.9. The second-order valence-corrected chi connectivity index (χ2v) is 8.30. The van der Waals surface area contributed by atoms with Gasteiger partial charge in [0, 0.05) is 0 Å². The molecule has 27 heavy (non-hydrogen) atoms. The number of nitrogens with one attached hydrogen (secondary N) is 1. The maximum absolute atomic E-state index is 13.7. The summed E-state index contributed by atoms with van der Waals surface area (Å²) in [6.45, 7) is 0. The van der Waals surface area contributed by atoms with Gasteiger partial charge in [0.25, 0.3) is 10.0 Å². The van der Waals surface area contributed by atoms with Crippen molar-refractivity contribution in [2.45, 2.75) is 11.1 Å². The molecule has 0 spiro atoms. The van der Waals surface area contributed by atoms with Crippen LogP contribution in [0.15, 0.2) is 52.8 Å². The van der Waals surface area contributed by atoms with Crippen molar-refractivity contribution < 1.29 is 34.4 Å². The number of sulfonamides is 2. The number of rotatable bonds is 5. The number of halogens is 4. The smallest absolute Gasteiger partial charge is 0.279 e. The molecule has 0 aliphatic rings. The van der Waals surface area contributed by atoms with E-state index in [1.807, 2.05) is 4.72 Å². The van der Waals surface area contributed by atoms with Gasteiger partial charge in [-0.1, -0.05) is 18.2 Å². The fraction of sp³-hybridized carbons (Fsp3) is 0.0667. The van der Waals surface area contributed by atoms with Crippen LogP contribution in [0.1, 0.15) is 11.1 Å². The topological polar surface area (TPSA) is 106 Å². The molecule has 3 N–H and O–H groups in total. The number of primary sulfonamides is 1. The molecule has 0 heterocycles. The highest BCUT2D eigenvalue weighted by Crippen LogP contribution is 2.29. The van der Waals surface area contributed by atoms with Crippen LogP contribution in [-0.2, 0) is 26.2 Å². The molecule has 2 aromatic carbocycles. The van der Waals surface area contributed by atoms with Gasteiger partial charge in [-0.15, -0.1) is 0 Å². The van der Waals surface area contributed by atoms with Gasteiger partial charge in [0.15, 0.2) is 0 Å². The minimum absolute atomic E-state index is 0.138. The zero-order valence-electron chi connectivity index (χ0n) is 13.2. The molecule has 0 unspecified atom stereocenters. The van der Waals surface area contributed by atoms with Crippen molar-refractivity contribution in [3.63, 3.8) is 0 Å². The summed E-state index contributed by atoms with van der Waals surface area (Å²) >= 11 is 0. The van der Waals surface area contributed by atoms with Crippen LogP contribution in [0.4, 0.5) is 23.2 Å². The zero-order valence-corrected chi connectivity index (χ0v) is 14.9. The molecule has 146 valence electrons. The summed E-state index contributed by atoms with van der Waals surface area (Å²) in [5.41, 5.74) is -1.37. The van der Waals surface area contributed by atoms with Crippen LogP contribution in [0.2, 0.25) is 0 Å². The number of anilines is 1. The van der Waals surface area contributed by atoms with Crippen LogP contribution in [0.3, 0.4) is 0 Å². The van der Waals surface area contributed by atoms with Crippen LogP contribution in [0.25, 0.3) is 6.08 Å². The molecule has 6 nitrogen and oxygen atoms in total. The quantitative estimate of drug-likeness (QED) is 0.720. The van der Waals surface area contributed by atoms with Crippen molar-refractivity contribution in [2.24, 2.45) is 5.14 Å². The lowest BCUT2D eigenvalue weighted by atomic mass is 10.1. The highest BCUT2D eigenvalue weighted by Gasteiger charge is 2.29. The van der Waals surface area contributed by atoms with Crippen molar-refractivity contribution in [3.05, 3.63) is 64.8 Å². The molecule has 2 rings (SSSR count). The number of nitrogens with two attached hydrogens (primary N) is 1. The summed E-state index contributed by atoms with van der Waals surface area (Å²) < 4.78 is 100. The molecule has 12 heteroatoms. The summed E-state index contributed by atoms with van der Waals surface area (Å²) in [6.07, 6.45) is -3.55. The van der Waals surface area contributed by atoms with Crippen LogP contribution >= 0.6 is 0 Å². The van der Waals surface area contributed by atoms with E-state index < -0.39 is 48.2 Å². The van der Waals surface area contributed by atoms with E-state index in [1.54, 1.807) is 0 Å². The average Bonchev–Trinajstić information content (AvgIpc) is 2.51. The minimum Gasteiger partial charge on any atom is -0.279 e. The Bertz CT molecular complexity index is 1080. The summed E-state index contributed by atoms with van der Waals surface area (Å²) in [5, 5.41) is 5.47. The van der Waals surface area contributed by atoms with Crippen LogP contribution in [0.5, 0.6) is 0 Å². The molecule has 0 saturated carbocycles. The fourth-order valence-electron chi connectivity index (χ4n) is 2.02. The third-order valence-electron chi connectivity index (χ3n) is 3.18. The number of hydrogen-bond acceptors (Lipinski definition) is 4. The van der Waals surface area contributed by atoms with E-state index in [0.29, 0.717) is 5.41 Å². The van der Waals surface area contributed by atoms with E-state index in [1.165, 1.54) is 0 Å². The van der Waals surface area contributed by atoms with Gasteiger partial charge in [0.2, 0.25) is 10.0 Å². The predicted molar refractivity (Wildman–Crippen MR) is 90.8 cm³/mol. The van der Waals surface area contributed by atoms with Gasteiger partial charge < -0.3 is 0 Å². The number of alkyl halides is 3. The Hall–Kier alpha value is -2.44. The van der Waals surface area contributed by atoms with Gasteiger partial charge in [-0.25, -0.2) is 26.4 Å². The lowest BCUT2D eigenvalue weighted by Crippen LogP contribution is -2.19. The van der Waals surface area contributed by atoms with Crippen LogP contribution in [-0.4, -0.2) is 16.8 Å². The Morgan fingerprint density at radius 3 is 2.07 bits per heavy atom. The molecule has 0 fully saturated rings. The fourth-order valence-corrected chi connectivity index (χ4v) is 3.73. The van der Waals surface area contributed by atoms with E-state index in [9.17, 15) is 34.4 Å². The second kappa shape index (κ2) is 7.29. The monoisotopic (exact) mass is 424 g/mol. The zero-order chi connectivity index (χ0) is 20.5. The molecule has 0 atom stereocenters. The molecule has 0 bridgehead atoms. The summed E-state index contributed by atoms with van der Waals surface area (Å²) in [7, 11) is -8.87. The average molecular weight is 424 g/mol. The van der Waals surface area contributed by atoms with Gasteiger partial charge in [-0.3, -0.25) is 4.72 Å². The molecule has 0 radical (unpaired) electrons. The molecule has 0 amide bonds. The van der Waals surface area contributed by atoms with Gasteiger partial charge in [-0.05, 0) is 35.9 Å². The first-order valence-corrected chi connectivity index (χ1v) is 10.1. The Morgan fingerprint density at radius 1 is 0.963 bits per heavy atom. The molecule has 0 aliphatic carbocycles. The predicted octanol–water partition coefficient (Wildman–Crippen LogP) is 2.90. The van der Waals surface area contributed by atoms with Crippen molar-refractivity contribution in [3.8, 4) is 0 Å². The van der Waals surface area contributed by atoms with Gasteiger partial charge in [0.1, 0.15) is 10.7 Å². The highest BCUT2D eigenvalue weighted by molar-refractivity contribution is 7.95. The number of hydrogen-bond donors (Lipinski definition) is 2. The van der Waals surface area contributed by atoms with Gasteiger partial charge in [-0.2, -0.15) is 13.2 Å². The highest BCUT2D eigenvalue weighted by atomic mass is 32.2. The van der Waals surface area contributed by atoms with Crippen molar-refractivity contribution in [1.29, 1.82) is 0 Å². The standard InChI is InChI=1S/C15H12F4N2O4S2/c16-12-2-1-3-13(14(12)27(20,24)25)21-26(22,23)9-8-10-4-6-11(7-5-10)15(17,18)19/h1-9,21H,(H2,20,24,25)/b9-8+.